The second-order valence-electron chi connectivity index (χ2n) is 4.97. The van der Waals surface area contributed by atoms with Crippen molar-refractivity contribution in [2.24, 2.45) is 5.92 Å². The van der Waals surface area contributed by atoms with Gasteiger partial charge in [0.2, 0.25) is 0 Å². The van der Waals surface area contributed by atoms with Crippen molar-refractivity contribution in [1.82, 2.24) is 4.90 Å². The summed E-state index contributed by atoms with van der Waals surface area (Å²) in [6, 6.07) is 8.56. The van der Waals surface area contributed by atoms with E-state index < -0.39 is 5.97 Å². The molecule has 1 aromatic carbocycles. The summed E-state index contributed by atoms with van der Waals surface area (Å²) in [5.41, 5.74) is 2.59. The first-order chi connectivity index (χ1) is 8.13. The number of likely N-dealkylation sites (tertiary alicyclic amines) is 1. The fourth-order valence-electron chi connectivity index (χ4n) is 2.42. The standard InChI is InChI=1S/C14H19NO2/c1-11-2-4-12(5-3-11)9-15-7-6-13(10-15)8-14(16)17/h2-5,13H,6-10H2,1H3,(H,16,17). The summed E-state index contributed by atoms with van der Waals surface area (Å²) in [6.45, 7) is 4.96. The third kappa shape index (κ3) is 3.56. The van der Waals surface area contributed by atoms with E-state index in [4.69, 9.17) is 5.11 Å². The lowest BCUT2D eigenvalue weighted by Gasteiger charge is -2.15. The van der Waals surface area contributed by atoms with Crippen LogP contribution in [-0.2, 0) is 11.3 Å². The number of rotatable bonds is 4. The van der Waals surface area contributed by atoms with Crippen LogP contribution in [0.3, 0.4) is 0 Å². The quantitative estimate of drug-likeness (QED) is 0.867. The van der Waals surface area contributed by atoms with Gasteiger partial charge in [-0.25, -0.2) is 0 Å². The molecule has 2 rings (SSSR count). The summed E-state index contributed by atoms with van der Waals surface area (Å²) in [5, 5.41) is 8.76. The summed E-state index contributed by atoms with van der Waals surface area (Å²) in [6.07, 6.45) is 1.32. The van der Waals surface area contributed by atoms with Crippen LogP contribution in [0.2, 0.25) is 0 Å². The van der Waals surface area contributed by atoms with Crippen molar-refractivity contribution in [1.29, 1.82) is 0 Å². The minimum atomic E-state index is -0.674. The Morgan fingerprint density at radius 3 is 2.76 bits per heavy atom. The van der Waals surface area contributed by atoms with Crippen molar-refractivity contribution < 1.29 is 9.90 Å². The number of carboxylic acids is 1. The van der Waals surface area contributed by atoms with Crippen molar-refractivity contribution in [3.63, 3.8) is 0 Å². The van der Waals surface area contributed by atoms with E-state index in [1.807, 2.05) is 0 Å². The van der Waals surface area contributed by atoms with Crippen LogP contribution >= 0.6 is 0 Å². The highest BCUT2D eigenvalue weighted by Crippen LogP contribution is 2.21. The highest BCUT2D eigenvalue weighted by Gasteiger charge is 2.24. The van der Waals surface area contributed by atoms with Gasteiger partial charge in [0.15, 0.2) is 0 Å². The van der Waals surface area contributed by atoms with E-state index in [-0.39, 0.29) is 0 Å². The molecule has 1 saturated heterocycles. The van der Waals surface area contributed by atoms with Crippen molar-refractivity contribution >= 4 is 5.97 Å². The second kappa shape index (κ2) is 5.32. The van der Waals surface area contributed by atoms with Crippen LogP contribution in [0.1, 0.15) is 24.0 Å². The molecule has 0 saturated carbocycles. The summed E-state index contributed by atoms with van der Waals surface area (Å²) >= 11 is 0. The maximum atomic E-state index is 10.6. The topological polar surface area (TPSA) is 40.5 Å². The molecule has 1 fully saturated rings. The SMILES string of the molecule is Cc1ccc(CN2CCC(CC(=O)O)C2)cc1. The Labute approximate surface area is 102 Å². The number of hydrogen-bond acceptors (Lipinski definition) is 2. The molecule has 1 aromatic rings. The Bertz CT molecular complexity index is 386. The van der Waals surface area contributed by atoms with Crippen LogP contribution < -0.4 is 0 Å². The van der Waals surface area contributed by atoms with Crippen molar-refractivity contribution in [3.05, 3.63) is 35.4 Å². The third-order valence-corrected chi connectivity index (χ3v) is 3.36. The Balaban J connectivity index is 1.85. The molecular weight excluding hydrogens is 214 g/mol. The lowest BCUT2D eigenvalue weighted by Crippen LogP contribution is -2.20. The molecule has 92 valence electrons. The molecule has 17 heavy (non-hydrogen) atoms. The lowest BCUT2D eigenvalue weighted by molar-refractivity contribution is -0.138. The number of aryl methyl sites for hydroxylation is 1. The molecular formula is C14H19NO2. The van der Waals surface area contributed by atoms with Gasteiger partial charge in [0.05, 0.1) is 0 Å². The van der Waals surface area contributed by atoms with Gasteiger partial charge in [0.1, 0.15) is 0 Å². The molecule has 1 aliphatic rings. The monoisotopic (exact) mass is 233 g/mol. The fraction of sp³-hybridized carbons (Fsp3) is 0.500. The zero-order valence-electron chi connectivity index (χ0n) is 10.2. The van der Waals surface area contributed by atoms with Crippen molar-refractivity contribution in [2.75, 3.05) is 13.1 Å². The highest BCUT2D eigenvalue weighted by molar-refractivity contribution is 5.67. The Morgan fingerprint density at radius 2 is 2.12 bits per heavy atom. The molecule has 3 heteroatoms. The van der Waals surface area contributed by atoms with E-state index in [2.05, 4.69) is 36.1 Å². The molecule has 3 nitrogen and oxygen atoms in total. The first-order valence-corrected chi connectivity index (χ1v) is 6.13. The average Bonchev–Trinajstić information content (AvgIpc) is 2.68. The normalized spacial score (nSPS) is 20.6. The summed E-state index contributed by atoms with van der Waals surface area (Å²) in [7, 11) is 0. The zero-order valence-corrected chi connectivity index (χ0v) is 10.2. The van der Waals surface area contributed by atoms with Crippen molar-refractivity contribution in [2.45, 2.75) is 26.3 Å². The molecule has 0 radical (unpaired) electrons. The molecule has 1 unspecified atom stereocenters. The summed E-state index contributed by atoms with van der Waals surface area (Å²) < 4.78 is 0. The van der Waals surface area contributed by atoms with Crippen LogP contribution in [-0.4, -0.2) is 29.1 Å². The minimum absolute atomic E-state index is 0.310. The highest BCUT2D eigenvalue weighted by atomic mass is 16.4. The largest absolute Gasteiger partial charge is 0.481 e. The van der Waals surface area contributed by atoms with Crippen LogP contribution in [0.4, 0.5) is 0 Å². The predicted octanol–water partition coefficient (Wildman–Crippen LogP) is 2.29. The maximum absolute atomic E-state index is 10.6. The fourth-order valence-corrected chi connectivity index (χ4v) is 2.42. The molecule has 0 aromatic heterocycles. The first kappa shape index (κ1) is 12.1. The number of carboxylic acid groups (broad SMARTS) is 1. The zero-order chi connectivity index (χ0) is 12.3. The molecule has 0 aliphatic carbocycles. The number of benzene rings is 1. The van der Waals surface area contributed by atoms with Crippen LogP contribution in [0.15, 0.2) is 24.3 Å². The molecule has 1 N–H and O–H groups in total. The average molecular weight is 233 g/mol. The van der Waals surface area contributed by atoms with E-state index >= 15 is 0 Å². The second-order valence-corrected chi connectivity index (χ2v) is 4.97. The van der Waals surface area contributed by atoms with Gasteiger partial charge < -0.3 is 5.11 Å². The lowest BCUT2D eigenvalue weighted by atomic mass is 10.1. The molecule has 1 aliphatic heterocycles. The molecule has 1 atom stereocenters. The van der Waals surface area contributed by atoms with Gasteiger partial charge in [-0.1, -0.05) is 29.8 Å². The molecule has 0 bridgehead atoms. The van der Waals surface area contributed by atoms with E-state index in [9.17, 15) is 4.79 Å². The number of hydrogen-bond donors (Lipinski definition) is 1. The van der Waals surface area contributed by atoms with E-state index in [0.717, 1.165) is 26.1 Å². The maximum Gasteiger partial charge on any atom is 0.303 e. The van der Waals surface area contributed by atoms with E-state index in [0.29, 0.717) is 12.3 Å². The van der Waals surface area contributed by atoms with Gasteiger partial charge in [0.25, 0.3) is 0 Å². The van der Waals surface area contributed by atoms with Crippen LogP contribution in [0.5, 0.6) is 0 Å². The molecule has 0 spiro atoms. The first-order valence-electron chi connectivity index (χ1n) is 6.13. The molecule has 0 amide bonds. The smallest absolute Gasteiger partial charge is 0.303 e. The summed E-state index contributed by atoms with van der Waals surface area (Å²) in [4.78, 5) is 13.0. The van der Waals surface area contributed by atoms with Gasteiger partial charge in [-0.3, -0.25) is 9.69 Å². The van der Waals surface area contributed by atoms with Gasteiger partial charge in [-0.15, -0.1) is 0 Å². The Hall–Kier alpha value is -1.35. The van der Waals surface area contributed by atoms with Crippen LogP contribution in [0.25, 0.3) is 0 Å². The van der Waals surface area contributed by atoms with Crippen LogP contribution in [0, 0.1) is 12.8 Å². The van der Waals surface area contributed by atoms with Gasteiger partial charge in [-0.05, 0) is 31.4 Å². The number of nitrogens with zero attached hydrogens (tertiary/aromatic N) is 1. The van der Waals surface area contributed by atoms with Gasteiger partial charge in [-0.2, -0.15) is 0 Å². The minimum Gasteiger partial charge on any atom is -0.481 e. The van der Waals surface area contributed by atoms with Gasteiger partial charge >= 0.3 is 5.97 Å². The Kier molecular flexibility index (Phi) is 3.79. The predicted molar refractivity (Wildman–Crippen MR) is 66.8 cm³/mol. The van der Waals surface area contributed by atoms with Crippen molar-refractivity contribution in [3.8, 4) is 0 Å². The Morgan fingerprint density at radius 1 is 1.41 bits per heavy atom. The van der Waals surface area contributed by atoms with E-state index in [1.165, 1.54) is 11.1 Å². The third-order valence-electron chi connectivity index (χ3n) is 3.36. The molecule has 1 heterocycles. The number of carbonyl (C=O) groups is 1. The number of aliphatic carboxylic acids is 1. The van der Waals surface area contributed by atoms with E-state index in [1.54, 1.807) is 0 Å². The summed E-state index contributed by atoms with van der Waals surface area (Å²) in [5.74, 6) is -0.342. The van der Waals surface area contributed by atoms with Gasteiger partial charge in [0, 0.05) is 19.5 Å².